The molecule has 0 spiro atoms. The number of carbonyl (C=O) groups excluding carboxylic acids is 2. The molecular formula is C24H36FN3O3S2. The summed E-state index contributed by atoms with van der Waals surface area (Å²) in [6.07, 6.45) is 3.81. The van der Waals surface area contributed by atoms with Crippen LogP contribution in [-0.4, -0.2) is 85.1 Å². The van der Waals surface area contributed by atoms with Crippen molar-refractivity contribution in [2.75, 3.05) is 51.3 Å². The number of hydrogen-bond acceptors (Lipinski definition) is 7. The number of ether oxygens (including phenoxy) is 1. The zero-order valence-corrected chi connectivity index (χ0v) is 21.1. The summed E-state index contributed by atoms with van der Waals surface area (Å²) in [6, 6.07) is 7.09. The number of nitrogens with zero attached hydrogens (tertiary/aromatic N) is 2. The predicted octanol–water partition coefficient (Wildman–Crippen LogP) is 2.60. The third-order valence-electron chi connectivity index (χ3n) is 6.94. The van der Waals surface area contributed by atoms with Crippen LogP contribution in [0.3, 0.4) is 0 Å². The Morgan fingerprint density at radius 3 is 2.61 bits per heavy atom. The molecule has 2 aliphatic rings. The van der Waals surface area contributed by atoms with Gasteiger partial charge in [-0.2, -0.15) is 25.3 Å². The molecule has 2 heterocycles. The van der Waals surface area contributed by atoms with Crippen LogP contribution in [0.5, 0.6) is 0 Å². The van der Waals surface area contributed by atoms with Crippen LogP contribution in [0.25, 0.3) is 0 Å². The van der Waals surface area contributed by atoms with Crippen LogP contribution in [0.1, 0.15) is 37.2 Å². The van der Waals surface area contributed by atoms with Gasteiger partial charge in [0.1, 0.15) is 5.82 Å². The van der Waals surface area contributed by atoms with Crippen LogP contribution in [0.2, 0.25) is 0 Å². The largest absolute Gasteiger partial charge is 0.469 e. The zero-order chi connectivity index (χ0) is 23.8. The molecule has 2 saturated heterocycles. The molecule has 3 rings (SSSR count). The molecule has 4 atom stereocenters. The lowest BCUT2D eigenvalue weighted by molar-refractivity contribution is -0.150. The molecule has 4 unspecified atom stereocenters. The smallest absolute Gasteiger partial charge is 0.310 e. The molecule has 0 aromatic heterocycles. The van der Waals surface area contributed by atoms with Gasteiger partial charge in [-0.3, -0.25) is 19.4 Å². The van der Waals surface area contributed by atoms with E-state index >= 15 is 0 Å². The van der Waals surface area contributed by atoms with Crippen molar-refractivity contribution in [1.29, 1.82) is 0 Å². The number of halogens is 1. The van der Waals surface area contributed by atoms with Gasteiger partial charge in [-0.1, -0.05) is 12.1 Å². The average molecular weight is 498 g/mol. The van der Waals surface area contributed by atoms with Gasteiger partial charge in [0.15, 0.2) is 0 Å². The maximum absolute atomic E-state index is 13.5. The van der Waals surface area contributed by atoms with Crippen molar-refractivity contribution in [2.24, 2.45) is 5.92 Å². The number of rotatable bonds is 12. The summed E-state index contributed by atoms with van der Waals surface area (Å²) in [6.45, 7) is 3.35. The highest BCUT2D eigenvalue weighted by atomic mass is 32.1. The van der Waals surface area contributed by atoms with Crippen LogP contribution in [-0.2, 0) is 14.3 Å². The van der Waals surface area contributed by atoms with Gasteiger partial charge in [-0.25, -0.2) is 4.39 Å². The standard InChI is InChI=1S/C24H36FN3O3S2/c1-31-24(30)23-20(17-3-5-18(25)6-4-17)15-19-7-8-21(23)28(19)11-2-10-27(12-14-33)16-22(29)26-9-13-32/h3-6,19-21,23,32-33H,2,7-16H2,1H3,(H,26,29). The third kappa shape index (κ3) is 6.87. The van der Waals surface area contributed by atoms with Crippen molar-refractivity contribution in [2.45, 2.75) is 43.7 Å². The number of piperidine rings is 1. The van der Waals surface area contributed by atoms with Gasteiger partial charge in [0, 0.05) is 42.6 Å². The molecule has 1 aromatic carbocycles. The molecule has 1 aromatic rings. The highest BCUT2D eigenvalue weighted by Gasteiger charge is 2.50. The number of methoxy groups -OCH3 is 1. The maximum Gasteiger partial charge on any atom is 0.310 e. The van der Waals surface area contributed by atoms with Gasteiger partial charge in [-0.05, 0) is 56.5 Å². The number of hydrogen-bond donors (Lipinski definition) is 3. The monoisotopic (exact) mass is 497 g/mol. The minimum atomic E-state index is -0.265. The second-order valence-electron chi connectivity index (χ2n) is 8.91. The lowest BCUT2D eigenvalue weighted by Gasteiger charge is -2.44. The Morgan fingerprint density at radius 2 is 1.94 bits per heavy atom. The SMILES string of the molecule is COC(=O)C1C(c2ccc(F)cc2)CC2CCC1N2CCCN(CCS)CC(=O)NCCS. The van der Waals surface area contributed by atoms with Gasteiger partial charge in [-0.15, -0.1) is 0 Å². The van der Waals surface area contributed by atoms with Crippen LogP contribution in [0.4, 0.5) is 4.39 Å². The topological polar surface area (TPSA) is 61.9 Å². The number of amides is 1. The predicted molar refractivity (Wildman–Crippen MR) is 135 cm³/mol. The van der Waals surface area contributed by atoms with E-state index in [1.54, 1.807) is 12.1 Å². The van der Waals surface area contributed by atoms with Gasteiger partial charge in [0.05, 0.1) is 19.6 Å². The Hall–Kier alpha value is -1.29. The van der Waals surface area contributed by atoms with Gasteiger partial charge in [0.25, 0.3) is 0 Å². The van der Waals surface area contributed by atoms with E-state index in [9.17, 15) is 14.0 Å². The zero-order valence-electron chi connectivity index (χ0n) is 19.3. The second kappa shape index (κ2) is 13.0. The van der Waals surface area contributed by atoms with Crippen molar-refractivity contribution in [3.8, 4) is 0 Å². The first kappa shape index (κ1) is 26.3. The molecule has 6 nitrogen and oxygen atoms in total. The van der Waals surface area contributed by atoms with Crippen LogP contribution >= 0.6 is 25.3 Å². The van der Waals surface area contributed by atoms with E-state index in [0.717, 1.165) is 50.9 Å². The van der Waals surface area contributed by atoms with E-state index in [2.05, 4.69) is 40.4 Å². The number of benzene rings is 1. The van der Waals surface area contributed by atoms with Crippen molar-refractivity contribution < 1.29 is 18.7 Å². The van der Waals surface area contributed by atoms with Gasteiger partial charge >= 0.3 is 5.97 Å². The number of nitrogens with one attached hydrogen (secondary N) is 1. The molecule has 2 bridgehead atoms. The summed E-state index contributed by atoms with van der Waals surface area (Å²) in [4.78, 5) is 29.6. The second-order valence-corrected chi connectivity index (χ2v) is 9.80. The Balaban J connectivity index is 1.63. The van der Waals surface area contributed by atoms with Crippen LogP contribution < -0.4 is 5.32 Å². The molecule has 0 radical (unpaired) electrons. The van der Waals surface area contributed by atoms with Crippen molar-refractivity contribution in [3.05, 3.63) is 35.6 Å². The fourth-order valence-corrected chi connectivity index (χ4v) is 5.91. The summed E-state index contributed by atoms with van der Waals surface area (Å²) in [5.41, 5.74) is 1.01. The lowest BCUT2D eigenvalue weighted by atomic mass is 9.76. The highest BCUT2D eigenvalue weighted by molar-refractivity contribution is 7.80. The minimum Gasteiger partial charge on any atom is -0.469 e. The number of esters is 1. The summed E-state index contributed by atoms with van der Waals surface area (Å²) >= 11 is 8.47. The van der Waals surface area contributed by atoms with Crippen LogP contribution in [0.15, 0.2) is 24.3 Å². The first-order chi connectivity index (χ1) is 16.0. The highest BCUT2D eigenvalue weighted by Crippen LogP contribution is 2.47. The average Bonchev–Trinajstić information content (AvgIpc) is 3.08. The van der Waals surface area contributed by atoms with E-state index in [-0.39, 0.29) is 35.6 Å². The molecule has 1 amide bonds. The minimum absolute atomic E-state index is 0.0109. The fourth-order valence-electron chi connectivity index (χ4n) is 5.51. The van der Waals surface area contributed by atoms with Crippen molar-refractivity contribution in [3.63, 3.8) is 0 Å². The Morgan fingerprint density at radius 1 is 1.18 bits per heavy atom. The maximum atomic E-state index is 13.5. The number of carbonyl (C=O) groups is 2. The van der Waals surface area contributed by atoms with Gasteiger partial charge in [0.2, 0.25) is 5.91 Å². The normalized spacial score (nSPS) is 24.8. The summed E-state index contributed by atoms with van der Waals surface area (Å²) in [5, 5.41) is 2.87. The molecule has 2 fully saturated rings. The lowest BCUT2D eigenvalue weighted by Crippen LogP contribution is -2.51. The molecule has 1 N–H and O–H groups in total. The molecule has 2 aliphatic heterocycles. The van der Waals surface area contributed by atoms with E-state index in [4.69, 9.17) is 4.74 Å². The molecular weight excluding hydrogens is 461 g/mol. The quantitative estimate of drug-likeness (QED) is 0.306. The molecule has 33 heavy (non-hydrogen) atoms. The van der Waals surface area contributed by atoms with E-state index in [0.29, 0.717) is 30.6 Å². The summed E-state index contributed by atoms with van der Waals surface area (Å²) in [7, 11) is 1.45. The first-order valence-electron chi connectivity index (χ1n) is 11.8. The molecule has 0 saturated carbocycles. The Bertz CT molecular complexity index is 783. The Kier molecular flexibility index (Phi) is 10.3. The molecule has 184 valence electrons. The summed E-state index contributed by atoms with van der Waals surface area (Å²) in [5.74, 6) is 0.671. The number of fused-ring (bicyclic) bond motifs is 2. The van der Waals surface area contributed by atoms with E-state index in [1.807, 2.05) is 0 Å². The third-order valence-corrected chi connectivity index (χ3v) is 7.37. The first-order valence-corrected chi connectivity index (χ1v) is 13.0. The fraction of sp³-hybridized carbons (Fsp3) is 0.667. The summed E-state index contributed by atoms with van der Waals surface area (Å²) < 4.78 is 18.7. The molecule has 0 aliphatic carbocycles. The van der Waals surface area contributed by atoms with Crippen molar-refractivity contribution >= 4 is 37.1 Å². The molecule has 9 heteroatoms. The van der Waals surface area contributed by atoms with E-state index in [1.165, 1.54) is 19.2 Å². The van der Waals surface area contributed by atoms with Crippen molar-refractivity contribution in [1.82, 2.24) is 15.1 Å². The number of thiol groups is 2. The van der Waals surface area contributed by atoms with E-state index < -0.39 is 0 Å². The Labute approximate surface area is 207 Å². The van der Waals surface area contributed by atoms with Gasteiger partial charge < -0.3 is 10.1 Å². The van der Waals surface area contributed by atoms with Crippen LogP contribution in [0, 0.1) is 11.7 Å².